The summed E-state index contributed by atoms with van der Waals surface area (Å²) in [7, 11) is 0. The van der Waals surface area contributed by atoms with Crippen LogP contribution >= 0.6 is 0 Å². The molecule has 0 atom stereocenters. The first-order valence-corrected chi connectivity index (χ1v) is 5.45. The molecule has 0 radical (unpaired) electrons. The van der Waals surface area contributed by atoms with Crippen LogP contribution in [-0.2, 0) is 12.8 Å². The van der Waals surface area contributed by atoms with Crippen molar-refractivity contribution >= 4 is 12.4 Å². The van der Waals surface area contributed by atoms with Crippen molar-refractivity contribution in [1.82, 2.24) is 9.13 Å². The molecule has 1 aliphatic carbocycles. The minimum Gasteiger partial charge on any atom is -0.328 e. The van der Waals surface area contributed by atoms with Gasteiger partial charge in [0.15, 0.2) is 0 Å². The standard InChI is InChI=1S/C14H14N2/c1-3-15-7-5-11-10-14-12(9-13(11)15)6-8-16(14)4-2/h3-8H,1-2,9-10H2. The predicted molar refractivity (Wildman–Crippen MR) is 67.3 cm³/mol. The third kappa shape index (κ3) is 1.13. The Balaban J connectivity index is 2.11. The second-order valence-electron chi connectivity index (χ2n) is 4.11. The van der Waals surface area contributed by atoms with E-state index in [0.29, 0.717) is 0 Å². The molecule has 0 fully saturated rings. The van der Waals surface area contributed by atoms with Crippen LogP contribution in [0.15, 0.2) is 37.7 Å². The lowest BCUT2D eigenvalue weighted by molar-refractivity contribution is 0.889. The molecule has 2 aromatic rings. The Hall–Kier alpha value is -1.96. The summed E-state index contributed by atoms with van der Waals surface area (Å²) in [6.45, 7) is 7.66. The van der Waals surface area contributed by atoms with Gasteiger partial charge in [0, 0.05) is 49.0 Å². The molecule has 0 saturated heterocycles. The summed E-state index contributed by atoms with van der Waals surface area (Å²) in [4.78, 5) is 0. The summed E-state index contributed by atoms with van der Waals surface area (Å²) in [5.41, 5.74) is 5.53. The fraction of sp³-hybridized carbons (Fsp3) is 0.143. The molecule has 0 unspecified atom stereocenters. The number of rotatable bonds is 2. The molecule has 2 aromatic heterocycles. The van der Waals surface area contributed by atoms with Crippen LogP contribution < -0.4 is 0 Å². The highest BCUT2D eigenvalue weighted by Crippen LogP contribution is 2.28. The Labute approximate surface area is 95.1 Å². The average molecular weight is 210 g/mol. The normalized spacial score (nSPS) is 13.0. The molecule has 2 nitrogen and oxygen atoms in total. The summed E-state index contributed by atoms with van der Waals surface area (Å²) < 4.78 is 4.23. The fourth-order valence-electron chi connectivity index (χ4n) is 2.48. The van der Waals surface area contributed by atoms with Crippen LogP contribution in [0.1, 0.15) is 22.5 Å². The number of fused-ring (bicyclic) bond motifs is 2. The summed E-state index contributed by atoms with van der Waals surface area (Å²) in [6, 6.07) is 4.36. The van der Waals surface area contributed by atoms with Crippen LogP contribution in [0.2, 0.25) is 0 Å². The van der Waals surface area contributed by atoms with Gasteiger partial charge in [0.05, 0.1) is 0 Å². The van der Waals surface area contributed by atoms with Crippen LogP contribution in [0.25, 0.3) is 12.4 Å². The number of nitrogens with zero attached hydrogens (tertiary/aromatic N) is 2. The van der Waals surface area contributed by atoms with Gasteiger partial charge in [-0.05, 0) is 23.3 Å². The third-order valence-corrected chi connectivity index (χ3v) is 3.35. The predicted octanol–water partition coefficient (Wildman–Crippen LogP) is 2.99. The molecule has 80 valence electrons. The average Bonchev–Trinajstić information content (AvgIpc) is 2.88. The van der Waals surface area contributed by atoms with Crippen LogP contribution in [0.5, 0.6) is 0 Å². The van der Waals surface area contributed by atoms with Crippen molar-refractivity contribution in [2.24, 2.45) is 0 Å². The van der Waals surface area contributed by atoms with Crippen LogP contribution in [0, 0.1) is 0 Å². The first-order chi connectivity index (χ1) is 7.83. The molecule has 0 spiro atoms. The summed E-state index contributed by atoms with van der Waals surface area (Å²) in [6.07, 6.45) is 9.89. The zero-order chi connectivity index (χ0) is 11.1. The molecule has 3 rings (SSSR count). The number of hydrogen-bond donors (Lipinski definition) is 0. The molecule has 1 aliphatic rings. The Bertz CT molecular complexity index is 517. The van der Waals surface area contributed by atoms with Gasteiger partial charge in [-0.2, -0.15) is 0 Å². The molecule has 0 aliphatic heterocycles. The van der Waals surface area contributed by atoms with E-state index in [1.807, 2.05) is 12.4 Å². The zero-order valence-corrected chi connectivity index (χ0v) is 9.19. The lowest BCUT2D eigenvalue weighted by Crippen LogP contribution is -2.09. The fourth-order valence-corrected chi connectivity index (χ4v) is 2.48. The highest BCUT2D eigenvalue weighted by Gasteiger charge is 2.20. The Morgan fingerprint density at radius 2 is 1.31 bits per heavy atom. The van der Waals surface area contributed by atoms with Gasteiger partial charge in [-0.15, -0.1) is 0 Å². The molecule has 16 heavy (non-hydrogen) atoms. The Morgan fingerprint density at radius 1 is 0.875 bits per heavy atom. The molecule has 0 saturated carbocycles. The van der Waals surface area contributed by atoms with E-state index >= 15 is 0 Å². The van der Waals surface area contributed by atoms with Crippen LogP contribution in [0.3, 0.4) is 0 Å². The van der Waals surface area contributed by atoms with Crippen molar-refractivity contribution in [3.63, 3.8) is 0 Å². The quantitative estimate of drug-likeness (QED) is 0.615. The van der Waals surface area contributed by atoms with Gasteiger partial charge >= 0.3 is 0 Å². The maximum Gasteiger partial charge on any atom is 0.0301 e. The highest BCUT2D eigenvalue weighted by molar-refractivity contribution is 5.46. The van der Waals surface area contributed by atoms with E-state index < -0.39 is 0 Å². The van der Waals surface area contributed by atoms with Crippen LogP contribution in [0.4, 0.5) is 0 Å². The van der Waals surface area contributed by atoms with Crippen molar-refractivity contribution in [3.05, 3.63) is 60.2 Å². The van der Waals surface area contributed by atoms with Gasteiger partial charge < -0.3 is 9.13 Å². The van der Waals surface area contributed by atoms with Gasteiger partial charge in [0.2, 0.25) is 0 Å². The van der Waals surface area contributed by atoms with E-state index in [9.17, 15) is 0 Å². The van der Waals surface area contributed by atoms with Crippen molar-refractivity contribution in [3.8, 4) is 0 Å². The molecule has 0 aromatic carbocycles. The molecular weight excluding hydrogens is 196 g/mol. The van der Waals surface area contributed by atoms with Crippen molar-refractivity contribution in [2.45, 2.75) is 12.8 Å². The van der Waals surface area contributed by atoms with E-state index in [1.54, 1.807) is 0 Å². The monoisotopic (exact) mass is 210 g/mol. The van der Waals surface area contributed by atoms with Gasteiger partial charge in [-0.25, -0.2) is 0 Å². The van der Waals surface area contributed by atoms with Crippen molar-refractivity contribution < 1.29 is 0 Å². The van der Waals surface area contributed by atoms with E-state index in [-0.39, 0.29) is 0 Å². The lowest BCUT2D eigenvalue weighted by Gasteiger charge is -2.16. The first kappa shape index (κ1) is 9.28. The van der Waals surface area contributed by atoms with Crippen LogP contribution in [-0.4, -0.2) is 9.13 Å². The van der Waals surface area contributed by atoms with Gasteiger partial charge in [0.25, 0.3) is 0 Å². The molecule has 0 amide bonds. The van der Waals surface area contributed by atoms with E-state index in [4.69, 9.17) is 0 Å². The maximum absolute atomic E-state index is 3.83. The summed E-state index contributed by atoms with van der Waals surface area (Å²) in [5.74, 6) is 0. The summed E-state index contributed by atoms with van der Waals surface area (Å²) >= 11 is 0. The Kier molecular flexibility index (Phi) is 1.90. The van der Waals surface area contributed by atoms with Crippen molar-refractivity contribution in [1.29, 1.82) is 0 Å². The number of hydrogen-bond acceptors (Lipinski definition) is 0. The lowest BCUT2D eigenvalue weighted by atomic mass is 9.96. The molecule has 0 bridgehead atoms. The highest BCUT2D eigenvalue weighted by atomic mass is 15.0. The van der Waals surface area contributed by atoms with Gasteiger partial charge in [-0.3, -0.25) is 0 Å². The first-order valence-electron chi connectivity index (χ1n) is 5.45. The Morgan fingerprint density at radius 3 is 1.69 bits per heavy atom. The minimum absolute atomic E-state index is 0.991. The SMILES string of the molecule is C=Cn1ccc2c1Cc1ccn(C=C)c1C2. The van der Waals surface area contributed by atoms with E-state index in [1.165, 1.54) is 22.5 Å². The summed E-state index contributed by atoms with van der Waals surface area (Å²) in [5, 5.41) is 0. The minimum atomic E-state index is 0.991. The van der Waals surface area contributed by atoms with E-state index in [0.717, 1.165) is 12.8 Å². The second-order valence-corrected chi connectivity index (χ2v) is 4.11. The third-order valence-electron chi connectivity index (χ3n) is 3.35. The largest absolute Gasteiger partial charge is 0.328 e. The van der Waals surface area contributed by atoms with Gasteiger partial charge in [0.1, 0.15) is 0 Å². The molecule has 2 heteroatoms. The molecule has 2 heterocycles. The maximum atomic E-state index is 3.83. The molecule has 0 N–H and O–H groups in total. The smallest absolute Gasteiger partial charge is 0.0301 e. The van der Waals surface area contributed by atoms with Gasteiger partial charge in [-0.1, -0.05) is 13.2 Å². The van der Waals surface area contributed by atoms with Crippen molar-refractivity contribution in [2.75, 3.05) is 0 Å². The topological polar surface area (TPSA) is 9.86 Å². The second kappa shape index (κ2) is 3.27. The molecular formula is C14H14N2. The zero-order valence-electron chi connectivity index (χ0n) is 9.19. The number of aromatic nitrogens is 2. The van der Waals surface area contributed by atoms with E-state index in [2.05, 4.69) is 46.8 Å².